The van der Waals surface area contributed by atoms with Crippen LogP contribution in [-0.2, 0) is 24.2 Å². The van der Waals surface area contributed by atoms with E-state index in [1.165, 1.54) is 25.1 Å². The summed E-state index contributed by atoms with van der Waals surface area (Å²) in [6, 6.07) is 7.57. The summed E-state index contributed by atoms with van der Waals surface area (Å²) in [6.07, 6.45) is 0. The fourth-order valence-corrected chi connectivity index (χ4v) is 3.11. The summed E-state index contributed by atoms with van der Waals surface area (Å²) in [7, 11) is -4.77. The van der Waals surface area contributed by atoms with E-state index in [2.05, 4.69) is 10.6 Å². The van der Waals surface area contributed by atoms with Crippen molar-refractivity contribution in [1.29, 1.82) is 0 Å². The standard InChI is InChI=1S/C19H17F2N3O8S/c1-11(22-17(26)12-3-2-4-14(9-12)24(28)29)18(27)32-10-16(25)23-13-5-7-15(8-6-13)33(30,31)19(20)21/h2-9,11,19H,10H2,1H3,(H,22,26)(H,23,25)/t11-/m0/s1. The van der Waals surface area contributed by atoms with Gasteiger partial charge < -0.3 is 15.4 Å². The van der Waals surface area contributed by atoms with Crippen molar-refractivity contribution in [3.63, 3.8) is 0 Å². The molecule has 2 rings (SSSR count). The zero-order chi connectivity index (χ0) is 24.8. The lowest BCUT2D eigenvalue weighted by molar-refractivity contribution is -0.384. The van der Waals surface area contributed by atoms with Crippen molar-refractivity contribution in [1.82, 2.24) is 5.32 Å². The molecule has 2 N–H and O–H groups in total. The molecular formula is C19H17F2N3O8S. The first kappa shape index (κ1) is 25.3. The van der Waals surface area contributed by atoms with Crippen molar-refractivity contribution < 1.29 is 41.2 Å². The summed E-state index contributed by atoms with van der Waals surface area (Å²) in [4.78, 5) is 45.5. The number of nitrogens with zero attached hydrogens (tertiary/aromatic N) is 1. The van der Waals surface area contributed by atoms with Crippen LogP contribution in [0.5, 0.6) is 0 Å². The Bertz CT molecular complexity index is 1170. The molecule has 33 heavy (non-hydrogen) atoms. The molecule has 0 bridgehead atoms. The van der Waals surface area contributed by atoms with E-state index in [1.807, 2.05) is 0 Å². The highest BCUT2D eigenvalue weighted by molar-refractivity contribution is 7.91. The molecule has 0 heterocycles. The molecule has 0 spiro atoms. The third kappa shape index (κ3) is 6.77. The van der Waals surface area contributed by atoms with Gasteiger partial charge in [-0.1, -0.05) is 6.07 Å². The van der Waals surface area contributed by atoms with E-state index < -0.39 is 55.8 Å². The molecule has 2 aromatic rings. The van der Waals surface area contributed by atoms with Crippen LogP contribution < -0.4 is 10.6 Å². The minimum absolute atomic E-state index is 0.0566. The van der Waals surface area contributed by atoms with Gasteiger partial charge in [-0.3, -0.25) is 19.7 Å². The lowest BCUT2D eigenvalue weighted by Crippen LogP contribution is -2.40. The summed E-state index contributed by atoms with van der Waals surface area (Å²) >= 11 is 0. The van der Waals surface area contributed by atoms with E-state index in [-0.39, 0.29) is 16.9 Å². The number of ether oxygens (including phenoxy) is 1. The molecule has 0 aromatic heterocycles. The molecule has 0 saturated carbocycles. The lowest BCUT2D eigenvalue weighted by atomic mass is 10.2. The first-order chi connectivity index (χ1) is 15.4. The molecular weight excluding hydrogens is 468 g/mol. The van der Waals surface area contributed by atoms with Crippen LogP contribution >= 0.6 is 0 Å². The second-order valence-electron chi connectivity index (χ2n) is 6.49. The lowest BCUT2D eigenvalue weighted by Gasteiger charge is -2.13. The Kier molecular flexibility index (Phi) is 8.12. The van der Waals surface area contributed by atoms with E-state index in [4.69, 9.17) is 4.74 Å². The first-order valence-corrected chi connectivity index (χ1v) is 10.6. The third-order valence-corrected chi connectivity index (χ3v) is 5.47. The number of nitro benzene ring substituents is 1. The van der Waals surface area contributed by atoms with Crippen LogP contribution in [0.15, 0.2) is 53.4 Å². The van der Waals surface area contributed by atoms with Crippen LogP contribution in [0.2, 0.25) is 0 Å². The Hall–Kier alpha value is -3.94. The number of carbonyl (C=O) groups is 3. The maximum Gasteiger partial charge on any atom is 0.341 e. The molecule has 0 aliphatic rings. The van der Waals surface area contributed by atoms with Gasteiger partial charge >= 0.3 is 11.7 Å². The summed E-state index contributed by atoms with van der Waals surface area (Å²) in [6.45, 7) is 0.518. The number of nitrogens with one attached hydrogen (secondary N) is 2. The summed E-state index contributed by atoms with van der Waals surface area (Å²) < 4.78 is 52.5. The normalized spacial score (nSPS) is 12.0. The summed E-state index contributed by atoms with van der Waals surface area (Å²) in [5.41, 5.74) is -0.301. The number of nitro groups is 1. The number of sulfone groups is 1. The van der Waals surface area contributed by atoms with Gasteiger partial charge in [0, 0.05) is 23.4 Å². The fraction of sp³-hybridized carbons (Fsp3) is 0.211. The van der Waals surface area contributed by atoms with Gasteiger partial charge in [0.2, 0.25) is 9.84 Å². The van der Waals surface area contributed by atoms with Gasteiger partial charge in [0.1, 0.15) is 6.04 Å². The Balaban J connectivity index is 1.87. The van der Waals surface area contributed by atoms with Crippen LogP contribution in [0.3, 0.4) is 0 Å². The highest BCUT2D eigenvalue weighted by Gasteiger charge is 2.26. The topological polar surface area (TPSA) is 162 Å². The Morgan fingerprint density at radius 1 is 1.12 bits per heavy atom. The second kappa shape index (κ2) is 10.6. The van der Waals surface area contributed by atoms with Gasteiger partial charge in [0.05, 0.1) is 9.82 Å². The van der Waals surface area contributed by atoms with Crippen LogP contribution in [0.25, 0.3) is 0 Å². The van der Waals surface area contributed by atoms with E-state index in [0.717, 1.165) is 30.3 Å². The number of esters is 1. The number of alkyl halides is 2. The average Bonchev–Trinajstić information content (AvgIpc) is 2.77. The van der Waals surface area contributed by atoms with Gasteiger partial charge in [-0.05, 0) is 37.3 Å². The van der Waals surface area contributed by atoms with E-state index in [0.29, 0.717) is 0 Å². The smallest absolute Gasteiger partial charge is 0.341 e. The van der Waals surface area contributed by atoms with Crippen molar-refractivity contribution in [3.05, 3.63) is 64.2 Å². The van der Waals surface area contributed by atoms with Crippen LogP contribution in [-0.4, -0.2) is 49.5 Å². The predicted molar refractivity (Wildman–Crippen MR) is 109 cm³/mol. The Morgan fingerprint density at radius 3 is 2.33 bits per heavy atom. The maximum absolute atomic E-state index is 12.5. The SMILES string of the molecule is C[C@H](NC(=O)c1cccc([N+](=O)[O-])c1)C(=O)OCC(=O)Nc1ccc(S(=O)(=O)C(F)F)cc1. The second-order valence-corrected chi connectivity index (χ2v) is 8.41. The average molecular weight is 485 g/mol. The number of anilines is 1. The van der Waals surface area contributed by atoms with E-state index >= 15 is 0 Å². The molecule has 0 radical (unpaired) electrons. The minimum atomic E-state index is -4.77. The molecule has 14 heteroatoms. The van der Waals surface area contributed by atoms with Crippen molar-refractivity contribution in [2.75, 3.05) is 11.9 Å². The van der Waals surface area contributed by atoms with Crippen LogP contribution in [0.4, 0.5) is 20.2 Å². The van der Waals surface area contributed by atoms with Crippen molar-refractivity contribution in [3.8, 4) is 0 Å². The highest BCUT2D eigenvalue weighted by Crippen LogP contribution is 2.20. The van der Waals surface area contributed by atoms with Crippen LogP contribution in [0.1, 0.15) is 17.3 Å². The number of benzene rings is 2. The number of amides is 2. The zero-order valence-corrected chi connectivity index (χ0v) is 17.7. The quantitative estimate of drug-likeness (QED) is 0.309. The largest absolute Gasteiger partial charge is 0.454 e. The molecule has 0 fully saturated rings. The van der Waals surface area contributed by atoms with Gasteiger partial charge in [-0.25, -0.2) is 13.2 Å². The molecule has 11 nitrogen and oxygen atoms in total. The number of non-ortho nitro benzene ring substituents is 1. The first-order valence-electron chi connectivity index (χ1n) is 9.05. The predicted octanol–water partition coefficient (Wildman–Crippen LogP) is 1.89. The Labute approximate surface area is 185 Å². The minimum Gasteiger partial charge on any atom is -0.454 e. The Morgan fingerprint density at radius 2 is 1.76 bits per heavy atom. The van der Waals surface area contributed by atoms with E-state index in [1.54, 1.807) is 0 Å². The summed E-state index contributed by atoms with van der Waals surface area (Å²) in [5.74, 6) is -6.14. The number of carbonyl (C=O) groups excluding carboxylic acids is 3. The zero-order valence-electron chi connectivity index (χ0n) is 16.9. The molecule has 0 saturated heterocycles. The van der Waals surface area contributed by atoms with E-state index in [9.17, 15) is 41.7 Å². The van der Waals surface area contributed by atoms with Gasteiger partial charge in [-0.2, -0.15) is 8.78 Å². The third-order valence-electron chi connectivity index (χ3n) is 4.07. The van der Waals surface area contributed by atoms with Gasteiger partial charge in [0.25, 0.3) is 17.5 Å². The molecule has 2 amide bonds. The summed E-state index contributed by atoms with van der Waals surface area (Å²) in [5, 5.41) is 15.3. The van der Waals surface area contributed by atoms with Crippen LogP contribution in [0, 0.1) is 10.1 Å². The maximum atomic E-state index is 12.5. The number of hydrogen-bond acceptors (Lipinski definition) is 8. The molecule has 0 aliphatic heterocycles. The number of hydrogen-bond donors (Lipinski definition) is 2. The molecule has 0 aliphatic carbocycles. The number of rotatable bonds is 9. The highest BCUT2D eigenvalue weighted by atomic mass is 32.2. The monoisotopic (exact) mass is 485 g/mol. The van der Waals surface area contributed by atoms with Crippen molar-refractivity contribution in [2.24, 2.45) is 0 Å². The fourth-order valence-electron chi connectivity index (χ4n) is 2.39. The molecule has 0 unspecified atom stereocenters. The molecule has 176 valence electrons. The van der Waals surface area contributed by atoms with Crippen molar-refractivity contribution in [2.45, 2.75) is 23.6 Å². The van der Waals surface area contributed by atoms with Gasteiger partial charge in [-0.15, -0.1) is 0 Å². The molecule has 2 aromatic carbocycles. The van der Waals surface area contributed by atoms with Gasteiger partial charge in [0.15, 0.2) is 6.61 Å². The molecule has 1 atom stereocenters. The van der Waals surface area contributed by atoms with Crippen molar-refractivity contribution >= 4 is 39.0 Å². The number of halogens is 2.